The number of rotatable bonds is 5. The van der Waals surface area contributed by atoms with Crippen LogP contribution in [0.25, 0.3) is 0 Å². The Morgan fingerprint density at radius 3 is 2.56 bits per heavy atom. The molecule has 0 aromatic heterocycles. The lowest BCUT2D eigenvalue weighted by Crippen LogP contribution is -1.97. The second-order valence-corrected chi connectivity index (χ2v) is 4.08. The molecule has 0 atom stereocenters. The van der Waals surface area contributed by atoms with Gasteiger partial charge < -0.3 is 4.74 Å². The number of hydrogen-bond donors (Lipinski definition) is 0. The molecule has 0 aliphatic heterocycles. The molecule has 1 aromatic rings. The second kappa shape index (κ2) is 6.37. The predicted molar refractivity (Wildman–Crippen MR) is 70.2 cm³/mol. The number of hydrogen-bond acceptors (Lipinski definition) is 1. The summed E-state index contributed by atoms with van der Waals surface area (Å²) in [6.45, 7) is 9.10. The molecule has 1 aromatic carbocycles. The zero-order valence-electron chi connectivity index (χ0n) is 10.8. The molecule has 0 saturated carbocycles. The lowest BCUT2D eigenvalue weighted by atomic mass is 10.0. The van der Waals surface area contributed by atoms with E-state index in [2.05, 4.69) is 45.1 Å². The zero-order chi connectivity index (χ0) is 12.0. The van der Waals surface area contributed by atoms with Crippen LogP contribution < -0.4 is 4.74 Å². The first-order chi connectivity index (χ1) is 7.69. The summed E-state index contributed by atoms with van der Waals surface area (Å²) in [4.78, 5) is 0. The lowest BCUT2D eigenvalue weighted by Gasteiger charge is -2.12. The maximum absolute atomic E-state index is 5.58. The fourth-order valence-electron chi connectivity index (χ4n) is 1.84. The number of allylic oxidation sites excluding steroid dienone is 2. The maximum atomic E-state index is 5.58. The molecule has 0 N–H and O–H groups in total. The summed E-state index contributed by atoms with van der Waals surface area (Å²) in [6.07, 6.45) is 6.55. The van der Waals surface area contributed by atoms with E-state index in [4.69, 9.17) is 4.74 Å². The van der Waals surface area contributed by atoms with Gasteiger partial charge in [-0.1, -0.05) is 18.2 Å². The standard InChI is InChI=1S/C15H22O/c1-5-7-8-9-14-10-13(4)15(16-6-2)11-12(14)3/h5,7,10-11H,6,8-9H2,1-4H3/b7-5-. The molecule has 0 heterocycles. The van der Waals surface area contributed by atoms with Crippen LogP contribution in [0.15, 0.2) is 24.3 Å². The average molecular weight is 218 g/mol. The van der Waals surface area contributed by atoms with Gasteiger partial charge in [-0.2, -0.15) is 0 Å². The Morgan fingerprint density at radius 2 is 1.94 bits per heavy atom. The number of aryl methyl sites for hydroxylation is 3. The maximum Gasteiger partial charge on any atom is 0.122 e. The van der Waals surface area contributed by atoms with Crippen molar-refractivity contribution in [2.45, 2.75) is 40.5 Å². The highest BCUT2D eigenvalue weighted by atomic mass is 16.5. The van der Waals surface area contributed by atoms with E-state index in [-0.39, 0.29) is 0 Å². The molecule has 0 amide bonds. The Balaban J connectivity index is 2.83. The van der Waals surface area contributed by atoms with Crippen LogP contribution in [0.4, 0.5) is 0 Å². The SMILES string of the molecule is C/C=C\CCc1cc(C)c(OCC)cc1C. The molecular formula is C15H22O. The molecule has 1 rings (SSSR count). The van der Waals surface area contributed by atoms with E-state index in [9.17, 15) is 0 Å². The van der Waals surface area contributed by atoms with Crippen molar-refractivity contribution < 1.29 is 4.74 Å². The van der Waals surface area contributed by atoms with Gasteiger partial charge in [0.2, 0.25) is 0 Å². The molecule has 88 valence electrons. The smallest absolute Gasteiger partial charge is 0.122 e. The Morgan fingerprint density at radius 1 is 1.19 bits per heavy atom. The minimum Gasteiger partial charge on any atom is -0.494 e. The molecular weight excluding hydrogens is 196 g/mol. The summed E-state index contributed by atoms with van der Waals surface area (Å²) in [5.41, 5.74) is 4.00. The second-order valence-electron chi connectivity index (χ2n) is 4.08. The van der Waals surface area contributed by atoms with Crippen molar-refractivity contribution in [2.24, 2.45) is 0 Å². The monoisotopic (exact) mass is 218 g/mol. The van der Waals surface area contributed by atoms with Crippen LogP contribution in [-0.4, -0.2) is 6.61 Å². The van der Waals surface area contributed by atoms with Gasteiger partial charge >= 0.3 is 0 Å². The van der Waals surface area contributed by atoms with Crippen molar-refractivity contribution in [1.29, 1.82) is 0 Å². The highest BCUT2D eigenvalue weighted by Gasteiger charge is 2.04. The molecule has 0 unspecified atom stereocenters. The lowest BCUT2D eigenvalue weighted by molar-refractivity contribution is 0.337. The van der Waals surface area contributed by atoms with E-state index in [0.717, 1.165) is 25.2 Å². The molecule has 0 radical (unpaired) electrons. The van der Waals surface area contributed by atoms with Gasteiger partial charge in [-0.25, -0.2) is 0 Å². The first-order valence-corrected chi connectivity index (χ1v) is 6.03. The Labute approximate surface area is 99.1 Å². The summed E-state index contributed by atoms with van der Waals surface area (Å²) >= 11 is 0. The van der Waals surface area contributed by atoms with Gasteiger partial charge in [0.05, 0.1) is 6.61 Å². The van der Waals surface area contributed by atoms with Crippen LogP contribution in [0.3, 0.4) is 0 Å². The Kier molecular flexibility index (Phi) is 5.10. The summed E-state index contributed by atoms with van der Waals surface area (Å²) < 4.78 is 5.58. The van der Waals surface area contributed by atoms with Crippen LogP contribution in [0, 0.1) is 13.8 Å². The van der Waals surface area contributed by atoms with Crippen LogP contribution in [0.1, 0.15) is 37.0 Å². The average Bonchev–Trinajstić information content (AvgIpc) is 2.25. The quantitative estimate of drug-likeness (QED) is 0.673. The van der Waals surface area contributed by atoms with Crippen LogP contribution >= 0.6 is 0 Å². The minimum atomic E-state index is 0.734. The fourth-order valence-corrected chi connectivity index (χ4v) is 1.84. The normalized spacial score (nSPS) is 11.0. The van der Waals surface area contributed by atoms with Crippen LogP contribution in [-0.2, 0) is 6.42 Å². The third-order valence-electron chi connectivity index (χ3n) is 2.75. The molecule has 0 aliphatic rings. The predicted octanol–water partition coefficient (Wildman–Crippen LogP) is 4.21. The van der Waals surface area contributed by atoms with E-state index in [1.165, 1.54) is 16.7 Å². The zero-order valence-corrected chi connectivity index (χ0v) is 10.8. The summed E-state index contributed by atoms with van der Waals surface area (Å²) in [5, 5.41) is 0. The van der Waals surface area contributed by atoms with Gasteiger partial charge in [0.1, 0.15) is 5.75 Å². The van der Waals surface area contributed by atoms with E-state index < -0.39 is 0 Å². The number of ether oxygens (including phenoxy) is 1. The van der Waals surface area contributed by atoms with Gasteiger partial charge in [0, 0.05) is 0 Å². The molecule has 0 aliphatic carbocycles. The molecule has 1 heteroatoms. The molecule has 1 nitrogen and oxygen atoms in total. The first kappa shape index (κ1) is 12.8. The van der Waals surface area contributed by atoms with Crippen LogP contribution in [0.2, 0.25) is 0 Å². The molecule has 16 heavy (non-hydrogen) atoms. The van der Waals surface area contributed by atoms with Crippen molar-refractivity contribution in [1.82, 2.24) is 0 Å². The summed E-state index contributed by atoms with van der Waals surface area (Å²) in [5.74, 6) is 1.02. The van der Waals surface area contributed by atoms with Crippen LogP contribution in [0.5, 0.6) is 5.75 Å². The van der Waals surface area contributed by atoms with E-state index in [0.29, 0.717) is 0 Å². The molecule has 0 fully saturated rings. The van der Waals surface area contributed by atoms with Gasteiger partial charge in [-0.15, -0.1) is 0 Å². The van der Waals surface area contributed by atoms with Crippen molar-refractivity contribution in [2.75, 3.05) is 6.61 Å². The van der Waals surface area contributed by atoms with E-state index in [1.807, 2.05) is 6.92 Å². The van der Waals surface area contributed by atoms with E-state index in [1.54, 1.807) is 0 Å². The Hall–Kier alpha value is -1.24. The third-order valence-corrected chi connectivity index (χ3v) is 2.75. The first-order valence-electron chi connectivity index (χ1n) is 6.03. The highest BCUT2D eigenvalue weighted by molar-refractivity contribution is 5.41. The summed E-state index contributed by atoms with van der Waals surface area (Å²) in [7, 11) is 0. The van der Waals surface area contributed by atoms with Crippen molar-refractivity contribution in [3.8, 4) is 5.75 Å². The molecule has 0 saturated heterocycles. The van der Waals surface area contributed by atoms with Gasteiger partial charge in [0.25, 0.3) is 0 Å². The van der Waals surface area contributed by atoms with Crippen molar-refractivity contribution >= 4 is 0 Å². The third kappa shape index (κ3) is 3.41. The topological polar surface area (TPSA) is 9.23 Å². The van der Waals surface area contributed by atoms with E-state index >= 15 is 0 Å². The van der Waals surface area contributed by atoms with Gasteiger partial charge in [-0.05, 0) is 63.3 Å². The van der Waals surface area contributed by atoms with Crippen molar-refractivity contribution in [3.05, 3.63) is 41.0 Å². The largest absolute Gasteiger partial charge is 0.494 e. The molecule has 0 spiro atoms. The number of benzene rings is 1. The van der Waals surface area contributed by atoms with Crippen molar-refractivity contribution in [3.63, 3.8) is 0 Å². The van der Waals surface area contributed by atoms with Gasteiger partial charge in [0.15, 0.2) is 0 Å². The van der Waals surface area contributed by atoms with Gasteiger partial charge in [-0.3, -0.25) is 0 Å². The molecule has 0 bridgehead atoms. The summed E-state index contributed by atoms with van der Waals surface area (Å²) in [6, 6.07) is 4.41. The fraction of sp³-hybridized carbons (Fsp3) is 0.467. The highest BCUT2D eigenvalue weighted by Crippen LogP contribution is 2.23. The minimum absolute atomic E-state index is 0.734. The Bertz CT molecular complexity index is 364.